The van der Waals surface area contributed by atoms with E-state index in [1.807, 2.05) is 30.3 Å². The van der Waals surface area contributed by atoms with E-state index in [1.54, 1.807) is 6.07 Å². The van der Waals surface area contributed by atoms with Crippen LogP contribution >= 0.6 is 11.6 Å². The average molecular weight is 299 g/mol. The Morgan fingerprint density at radius 2 is 1.57 bits per heavy atom. The van der Waals surface area contributed by atoms with Crippen LogP contribution in [0, 0.1) is 5.82 Å². The Morgan fingerprint density at radius 1 is 0.857 bits per heavy atom. The van der Waals surface area contributed by atoms with Gasteiger partial charge < -0.3 is 0 Å². The van der Waals surface area contributed by atoms with E-state index in [-0.39, 0.29) is 11.7 Å². The molecule has 1 unspecified atom stereocenters. The molecule has 1 atom stereocenters. The summed E-state index contributed by atoms with van der Waals surface area (Å²) >= 11 is 6.11. The van der Waals surface area contributed by atoms with Gasteiger partial charge in [0.05, 0.1) is 0 Å². The zero-order valence-corrected chi connectivity index (χ0v) is 12.4. The first kappa shape index (κ1) is 14.1. The highest BCUT2D eigenvalue weighted by Gasteiger charge is 2.16. The minimum Gasteiger partial charge on any atom is -0.207 e. The first-order valence-corrected chi connectivity index (χ1v) is 7.60. The molecule has 21 heavy (non-hydrogen) atoms. The fraction of sp³-hybridized carbons (Fsp3) is 0.158. The molecule has 0 aromatic heterocycles. The van der Waals surface area contributed by atoms with Gasteiger partial charge in [-0.3, -0.25) is 0 Å². The van der Waals surface area contributed by atoms with Crippen LogP contribution < -0.4 is 0 Å². The zero-order valence-electron chi connectivity index (χ0n) is 11.6. The maximum absolute atomic E-state index is 14.0. The number of benzene rings is 3. The lowest BCUT2D eigenvalue weighted by Crippen LogP contribution is -2.07. The second kappa shape index (κ2) is 6.28. The third-order valence-corrected chi connectivity index (χ3v) is 4.25. The largest absolute Gasteiger partial charge is 0.207 e. The van der Waals surface area contributed by atoms with Crippen LogP contribution in [0.1, 0.15) is 17.0 Å². The van der Waals surface area contributed by atoms with E-state index in [4.69, 9.17) is 11.6 Å². The number of halogens is 2. The molecule has 106 valence electrons. The Balaban J connectivity index is 1.98. The minimum atomic E-state index is -0.177. The first-order valence-electron chi connectivity index (χ1n) is 7.06. The van der Waals surface area contributed by atoms with E-state index in [1.165, 1.54) is 22.4 Å². The second-order valence-electron chi connectivity index (χ2n) is 5.22. The lowest BCUT2D eigenvalue weighted by molar-refractivity contribution is 0.589. The summed E-state index contributed by atoms with van der Waals surface area (Å²) in [6.07, 6.45) is 0.742. The van der Waals surface area contributed by atoms with Gasteiger partial charge in [-0.25, -0.2) is 4.39 Å². The molecular weight excluding hydrogens is 283 g/mol. The van der Waals surface area contributed by atoms with Crippen molar-refractivity contribution in [2.45, 2.75) is 12.3 Å². The predicted molar refractivity (Wildman–Crippen MR) is 87.5 cm³/mol. The van der Waals surface area contributed by atoms with Crippen LogP contribution in [-0.2, 0) is 6.42 Å². The van der Waals surface area contributed by atoms with Crippen molar-refractivity contribution in [3.63, 3.8) is 0 Å². The van der Waals surface area contributed by atoms with E-state index in [0.717, 1.165) is 6.42 Å². The van der Waals surface area contributed by atoms with Gasteiger partial charge in [0.2, 0.25) is 0 Å². The quantitative estimate of drug-likeness (QED) is 0.554. The topological polar surface area (TPSA) is 0 Å². The van der Waals surface area contributed by atoms with Gasteiger partial charge in [0.25, 0.3) is 0 Å². The number of fused-ring (bicyclic) bond motifs is 1. The Morgan fingerprint density at radius 3 is 2.38 bits per heavy atom. The van der Waals surface area contributed by atoms with Gasteiger partial charge in [0.1, 0.15) is 5.82 Å². The third-order valence-electron chi connectivity index (χ3n) is 3.88. The van der Waals surface area contributed by atoms with E-state index in [2.05, 4.69) is 24.3 Å². The number of hydrogen-bond acceptors (Lipinski definition) is 0. The zero-order chi connectivity index (χ0) is 14.7. The molecule has 0 aliphatic rings. The van der Waals surface area contributed by atoms with Gasteiger partial charge in [-0.1, -0.05) is 60.7 Å². The van der Waals surface area contributed by atoms with Crippen molar-refractivity contribution in [2.75, 3.05) is 5.88 Å². The number of hydrogen-bond donors (Lipinski definition) is 0. The molecule has 0 bridgehead atoms. The standard InChI is InChI=1S/C19H16ClF/c20-13-16(18-10-3-4-11-19(18)21)12-15-8-5-7-14-6-1-2-9-17(14)15/h1-11,16H,12-13H2. The molecule has 0 aliphatic carbocycles. The molecule has 3 rings (SSSR count). The molecule has 0 amide bonds. The highest BCUT2D eigenvalue weighted by Crippen LogP contribution is 2.28. The van der Waals surface area contributed by atoms with Gasteiger partial charge >= 0.3 is 0 Å². The summed E-state index contributed by atoms with van der Waals surface area (Å²) in [6.45, 7) is 0. The molecule has 0 saturated heterocycles. The van der Waals surface area contributed by atoms with Gasteiger partial charge in [-0.2, -0.15) is 0 Å². The maximum atomic E-state index is 14.0. The summed E-state index contributed by atoms with van der Waals surface area (Å²) in [5.41, 5.74) is 1.91. The van der Waals surface area contributed by atoms with Gasteiger partial charge in [-0.15, -0.1) is 11.6 Å². The molecule has 0 radical (unpaired) electrons. The fourth-order valence-corrected chi connectivity index (χ4v) is 3.07. The number of rotatable bonds is 4. The summed E-state index contributed by atoms with van der Waals surface area (Å²) in [6, 6.07) is 21.4. The summed E-state index contributed by atoms with van der Waals surface area (Å²) in [5.74, 6) is 0.214. The van der Waals surface area contributed by atoms with Gasteiger partial charge in [0, 0.05) is 11.8 Å². The molecule has 3 aromatic rings. The van der Waals surface area contributed by atoms with Crippen molar-refractivity contribution in [1.82, 2.24) is 0 Å². The molecular formula is C19H16ClF. The fourth-order valence-electron chi connectivity index (χ4n) is 2.79. The molecule has 3 aromatic carbocycles. The van der Waals surface area contributed by atoms with E-state index in [0.29, 0.717) is 11.4 Å². The summed E-state index contributed by atoms with van der Waals surface area (Å²) in [4.78, 5) is 0. The lowest BCUT2D eigenvalue weighted by Gasteiger charge is -2.16. The van der Waals surface area contributed by atoms with Crippen molar-refractivity contribution >= 4 is 22.4 Å². The summed E-state index contributed by atoms with van der Waals surface area (Å²) in [7, 11) is 0. The molecule has 0 N–H and O–H groups in total. The van der Waals surface area contributed by atoms with Crippen LogP contribution in [-0.4, -0.2) is 5.88 Å². The predicted octanol–water partition coefficient (Wildman–Crippen LogP) is 5.54. The van der Waals surface area contributed by atoms with Crippen LogP contribution in [0.15, 0.2) is 66.7 Å². The van der Waals surface area contributed by atoms with Crippen molar-refractivity contribution in [3.05, 3.63) is 83.7 Å². The SMILES string of the molecule is Fc1ccccc1C(CCl)Cc1cccc2ccccc12. The van der Waals surface area contributed by atoms with Crippen molar-refractivity contribution in [1.29, 1.82) is 0 Å². The summed E-state index contributed by atoms with van der Waals surface area (Å²) in [5, 5.41) is 2.42. The van der Waals surface area contributed by atoms with Crippen molar-refractivity contribution < 1.29 is 4.39 Å². The van der Waals surface area contributed by atoms with Crippen LogP contribution in [0.2, 0.25) is 0 Å². The molecule has 0 saturated carbocycles. The van der Waals surface area contributed by atoms with E-state index < -0.39 is 0 Å². The number of alkyl halides is 1. The molecule has 0 aliphatic heterocycles. The molecule has 0 fully saturated rings. The molecule has 0 heterocycles. The lowest BCUT2D eigenvalue weighted by atomic mass is 9.91. The molecule has 0 nitrogen and oxygen atoms in total. The normalized spacial score (nSPS) is 12.5. The second-order valence-corrected chi connectivity index (χ2v) is 5.52. The summed E-state index contributed by atoms with van der Waals surface area (Å²) < 4.78 is 14.0. The van der Waals surface area contributed by atoms with Crippen LogP contribution in [0.25, 0.3) is 10.8 Å². The minimum absolute atomic E-state index is 0.0151. The Labute approximate surface area is 129 Å². The van der Waals surface area contributed by atoms with Gasteiger partial charge in [0.15, 0.2) is 0 Å². The Bertz CT molecular complexity index is 746. The smallest absolute Gasteiger partial charge is 0.126 e. The first-order chi connectivity index (χ1) is 10.3. The Hall–Kier alpha value is -1.86. The van der Waals surface area contributed by atoms with E-state index >= 15 is 0 Å². The highest BCUT2D eigenvalue weighted by atomic mass is 35.5. The monoisotopic (exact) mass is 298 g/mol. The van der Waals surface area contributed by atoms with Crippen LogP contribution in [0.3, 0.4) is 0 Å². The van der Waals surface area contributed by atoms with Gasteiger partial charge in [-0.05, 0) is 34.4 Å². The highest BCUT2D eigenvalue weighted by molar-refractivity contribution is 6.18. The Kier molecular flexibility index (Phi) is 4.21. The van der Waals surface area contributed by atoms with E-state index in [9.17, 15) is 4.39 Å². The van der Waals surface area contributed by atoms with Crippen molar-refractivity contribution in [3.8, 4) is 0 Å². The molecule has 2 heteroatoms. The third kappa shape index (κ3) is 2.93. The maximum Gasteiger partial charge on any atom is 0.126 e. The molecule has 0 spiro atoms. The van der Waals surface area contributed by atoms with Crippen molar-refractivity contribution in [2.24, 2.45) is 0 Å². The van der Waals surface area contributed by atoms with Crippen LogP contribution in [0.4, 0.5) is 4.39 Å². The van der Waals surface area contributed by atoms with Crippen LogP contribution in [0.5, 0.6) is 0 Å². The average Bonchev–Trinajstić information content (AvgIpc) is 2.53.